The first-order valence-corrected chi connectivity index (χ1v) is 8.93. The van der Waals surface area contributed by atoms with Crippen LogP contribution < -0.4 is 25.4 Å². The molecule has 9 heteroatoms. The van der Waals surface area contributed by atoms with Crippen LogP contribution >= 0.6 is 0 Å². The average molecular weight is 406 g/mol. The summed E-state index contributed by atoms with van der Waals surface area (Å²) in [5.74, 6) is 1.06. The zero-order valence-electron chi connectivity index (χ0n) is 16.2. The number of hydrogen-bond acceptors (Lipinski definition) is 4. The molecule has 2 aromatic carbocycles. The molecule has 0 unspecified atom stereocenters. The Hall–Kier alpha value is -3.36. The number of alkyl halides is 2. The van der Waals surface area contributed by atoms with Gasteiger partial charge in [0.1, 0.15) is 11.5 Å². The Bertz CT molecular complexity index is 814. The van der Waals surface area contributed by atoms with Gasteiger partial charge in [0.05, 0.1) is 7.11 Å². The molecule has 1 amide bonds. The van der Waals surface area contributed by atoms with Crippen LogP contribution in [-0.2, 0) is 6.54 Å². The third kappa shape index (κ3) is 7.28. The number of nitrogens with one attached hydrogen (secondary N) is 3. The lowest BCUT2D eigenvalue weighted by Gasteiger charge is -2.14. The van der Waals surface area contributed by atoms with Crippen LogP contribution in [0.25, 0.3) is 0 Å². The maximum absolute atomic E-state index is 12.5. The predicted molar refractivity (Wildman–Crippen MR) is 107 cm³/mol. The van der Waals surface area contributed by atoms with Gasteiger partial charge in [0.25, 0.3) is 5.91 Å². The van der Waals surface area contributed by atoms with Gasteiger partial charge >= 0.3 is 6.61 Å². The number of nitrogens with zero attached hydrogens (tertiary/aromatic N) is 1. The Morgan fingerprint density at radius 2 is 1.72 bits per heavy atom. The number of halogens is 2. The normalized spacial score (nSPS) is 11.1. The Balaban J connectivity index is 1.76. The van der Waals surface area contributed by atoms with Gasteiger partial charge in [-0.1, -0.05) is 18.2 Å². The topological polar surface area (TPSA) is 84.0 Å². The van der Waals surface area contributed by atoms with E-state index in [2.05, 4.69) is 25.7 Å². The average Bonchev–Trinajstić information content (AvgIpc) is 2.73. The van der Waals surface area contributed by atoms with Crippen molar-refractivity contribution in [3.05, 3.63) is 59.7 Å². The molecule has 156 valence electrons. The lowest BCUT2D eigenvalue weighted by molar-refractivity contribution is -0.0504. The number of guanidine groups is 1. The Labute approximate surface area is 168 Å². The molecule has 0 aliphatic rings. The van der Waals surface area contributed by atoms with Gasteiger partial charge in [-0.05, 0) is 30.3 Å². The molecule has 2 rings (SSSR count). The first-order chi connectivity index (χ1) is 14.0. The summed E-state index contributed by atoms with van der Waals surface area (Å²) in [5, 5.41) is 8.85. The molecule has 0 atom stereocenters. The number of hydrogen-bond donors (Lipinski definition) is 3. The third-order valence-electron chi connectivity index (χ3n) is 3.91. The fraction of sp³-hybridized carbons (Fsp3) is 0.300. The highest BCUT2D eigenvalue weighted by atomic mass is 19.3. The van der Waals surface area contributed by atoms with Crippen LogP contribution in [0.2, 0.25) is 0 Å². The van der Waals surface area contributed by atoms with Gasteiger partial charge in [-0.15, -0.1) is 0 Å². The van der Waals surface area contributed by atoms with Gasteiger partial charge in [-0.25, -0.2) is 0 Å². The number of carbonyl (C=O) groups is 1. The predicted octanol–water partition coefficient (Wildman–Crippen LogP) is 2.39. The summed E-state index contributed by atoms with van der Waals surface area (Å²) in [6.07, 6.45) is 0. The Morgan fingerprint density at radius 1 is 1.03 bits per heavy atom. The first-order valence-electron chi connectivity index (χ1n) is 8.93. The van der Waals surface area contributed by atoms with Crippen molar-refractivity contribution in [2.45, 2.75) is 13.2 Å². The highest BCUT2D eigenvalue weighted by Gasteiger charge is 2.09. The van der Waals surface area contributed by atoms with Crippen LogP contribution in [-0.4, -0.2) is 45.7 Å². The summed E-state index contributed by atoms with van der Waals surface area (Å²) < 4.78 is 34.5. The van der Waals surface area contributed by atoms with E-state index in [9.17, 15) is 13.6 Å². The summed E-state index contributed by atoms with van der Waals surface area (Å²) >= 11 is 0. The molecule has 0 aliphatic heterocycles. The fourth-order valence-electron chi connectivity index (χ4n) is 2.46. The van der Waals surface area contributed by atoms with E-state index in [-0.39, 0.29) is 18.2 Å². The van der Waals surface area contributed by atoms with Crippen LogP contribution in [0.4, 0.5) is 8.78 Å². The second kappa shape index (κ2) is 11.5. The summed E-state index contributed by atoms with van der Waals surface area (Å²) in [7, 11) is 3.15. The van der Waals surface area contributed by atoms with Crippen LogP contribution in [0.1, 0.15) is 15.9 Å². The number of amides is 1. The number of aliphatic imine (C=N–C) groups is 1. The van der Waals surface area contributed by atoms with Crippen molar-refractivity contribution >= 4 is 11.9 Å². The molecular formula is C20H24F2N4O3. The van der Waals surface area contributed by atoms with Crippen molar-refractivity contribution in [2.24, 2.45) is 4.99 Å². The highest BCUT2D eigenvalue weighted by molar-refractivity contribution is 5.94. The summed E-state index contributed by atoms with van der Waals surface area (Å²) in [4.78, 5) is 16.2. The number of para-hydroxylation sites is 1. The zero-order valence-corrected chi connectivity index (χ0v) is 16.2. The number of ether oxygens (including phenoxy) is 2. The van der Waals surface area contributed by atoms with E-state index >= 15 is 0 Å². The van der Waals surface area contributed by atoms with Gasteiger partial charge in [0.15, 0.2) is 5.96 Å². The van der Waals surface area contributed by atoms with Gasteiger partial charge in [0.2, 0.25) is 0 Å². The molecule has 2 aromatic rings. The van der Waals surface area contributed by atoms with Crippen molar-refractivity contribution in [1.82, 2.24) is 16.0 Å². The zero-order chi connectivity index (χ0) is 21.1. The highest BCUT2D eigenvalue weighted by Crippen LogP contribution is 2.19. The van der Waals surface area contributed by atoms with Crippen molar-refractivity contribution in [3.8, 4) is 11.5 Å². The minimum atomic E-state index is -2.89. The quantitative estimate of drug-likeness (QED) is 0.338. The SMILES string of the molecule is CN=C(NCCNC(=O)c1ccc(OC)cc1)NCc1ccccc1OC(F)F. The second-order valence-corrected chi connectivity index (χ2v) is 5.82. The molecule has 7 nitrogen and oxygen atoms in total. The number of rotatable bonds is 9. The van der Waals surface area contributed by atoms with E-state index in [4.69, 9.17) is 4.74 Å². The van der Waals surface area contributed by atoms with Gasteiger partial charge < -0.3 is 25.4 Å². The minimum Gasteiger partial charge on any atom is -0.497 e. The second-order valence-electron chi connectivity index (χ2n) is 5.82. The van der Waals surface area contributed by atoms with Crippen molar-refractivity contribution in [2.75, 3.05) is 27.2 Å². The maximum Gasteiger partial charge on any atom is 0.387 e. The fourth-order valence-corrected chi connectivity index (χ4v) is 2.46. The summed E-state index contributed by atoms with van der Waals surface area (Å²) in [5.41, 5.74) is 1.10. The molecule has 0 heterocycles. The van der Waals surface area contributed by atoms with Crippen LogP contribution in [0.15, 0.2) is 53.5 Å². The smallest absolute Gasteiger partial charge is 0.387 e. The van der Waals surface area contributed by atoms with E-state index in [1.165, 1.54) is 6.07 Å². The number of benzene rings is 2. The van der Waals surface area contributed by atoms with Crippen LogP contribution in [0.3, 0.4) is 0 Å². The largest absolute Gasteiger partial charge is 0.497 e. The summed E-state index contributed by atoms with van der Waals surface area (Å²) in [6, 6.07) is 13.3. The van der Waals surface area contributed by atoms with Crippen molar-refractivity contribution in [1.29, 1.82) is 0 Å². The molecule has 3 N–H and O–H groups in total. The summed E-state index contributed by atoms with van der Waals surface area (Å²) in [6.45, 7) is -1.84. The van der Waals surface area contributed by atoms with Crippen LogP contribution in [0.5, 0.6) is 11.5 Å². The third-order valence-corrected chi connectivity index (χ3v) is 3.91. The van der Waals surface area contributed by atoms with Crippen LogP contribution in [0, 0.1) is 0 Å². The van der Waals surface area contributed by atoms with Crippen molar-refractivity contribution in [3.63, 3.8) is 0 Å². The van der Waals surface area contributed by atoms with Gasteiger partial charge in [-0.2, -0.15) is 8.78 Å². The molecule has 0 saturated heterocycles. The molecule has 29 heavy (non-hydrogen) atoms. The molecular weight excluding hydrogens is 382 g/mol. The van der Waals surface area contributed by atoms with Gasteiger partial charge in [-0.3, -0.25) is 9.79 Å². The maximum atomic E-state index is 12.5. The molecule has 0 radical (unpaired) electrons. The number of methoxy groups -OCH3 is 1. The molecule has 0 spiro atoms. The minimum absolute atomic E-state index is 0.109. The van der Waals surface area contributed by atoms with Crippen molar-refractivity contribution < 1.29 is 23.0 Å². The van der Waals surface area contributed by atoms with E-state index < -0.39 is 6.61 Å². The lowest BCUT2D eigenvalue weighted by atomic mass is 10.2. The number of carbonyl (C=O) groups excluding carboxylic acids is 1. The molecule has 0 fully saturated rings. The Kier molecular flexibility index (Phi) is 8.68. The molecule has 0 saturated carbocycles. The Morgan fingerprint density at radius 3 is 2.38 bits per heavy atom. The monoisotopic (exact) mass is 406 g/mol. The van der Waals surface area contributed by atoms with Gasteiger partial charge in [0, 0.05) is 37.8 Å². The van der Waals surface area contributed by atoms with E-state index in [1.54, 1.807) is 56.6 Å². The molecule has 0 bridgehead atoms. The van der Waals surface area contributed by atoms with E-state index in [1.807, 2.05) is 0 Å². The van der Waals surface area contributed by atoms with E-state index in [0.717, 1.165) is 0 Å². The lowest BCUT2D eigenvalue weighted by Crippen LogP contribution is -2.41. The first kappa shape index (κ1) is 21.9. The standard InChI is InChI=1S/C20H24F2N4O3/c1-23-20(26-13-15-5-3-4-6-17(15)29-19(21)22)25-12-11-24-18(27)14-7-9-16(28-2)10-8-14/h3-10,19H,11-13H2,1-2H3,(H,24,27)(H2,23,25,26). The van der Waals surface area contributed by atoms with E-state index in [0.29, 0.717) is 35.9 Å². The molecule has 0 aromatic heterocycles. The molecule has 0 aliphatic carbocycles.